The van der Waals surface area contributed by atoms with E-state index in [0.29, 0.717) is 12.2 Å². The lowest BCUT2D eigenvalue weighted by Gasteiger charge is -2.12. The fraction of sp³-hybridized carbons (Fsp3) is 0.350. The van der Waals surface area contributed by atoms with Crippen LogP contribution in [0.4, 0.5) is 13.2 Å². The molecule has 1 aromatic heterocycles. The Kier molecular flexibility index (Phi) is 5.79. The van der Waals surface area contributed by atoms with Gasteiger partial charge in [0.15, 0.2) is 0 Å². The fourth-order valence-electron chi connectivity index (χ4n) is 2.73. The summed E-state index contributed by atoms with van der Waals surface area (Å²) in [5.74, 6) is 0.486. The number of rotatable bonds is 6. The van der Waals surface area contributed by atoms with Gasteiger partial charge in [-0.05, 0) is 40.8 Å². The quantitative estimate of drug-likeness (QED) is 0.692. The number of hydrogen-bond acceptors (Lipinski definition) is 4. The molecule has 28 heavy (non-hydrogen) atoms. The molecule has 2 aromatic carbocycles. The van der Waals surface area contributed by atoms with Crippen molar-refractivity contribution in [1.82, 2.24) is 20.2 Å². The molecule has 0 saturated carbocycles. The molecule has 0 aliphatic carbocycles. The highest BCUT2D eigenvalue weighted by Crippen LogP contribution is 2.30. The predicted octanol–water partition coefficient (Wildman–Crippen LogP) is 3.97. The monoisotopic (exact) mass is 390 g/mol. The van der Waals surface area contributed by atoms with Gasteiger partial charge in [0.05, 0.1) is 18.2 Å². The Morgan fingerprint density at radius 1 is 1.04 bits per heavy atom. The summed E-state index contributed by atoms with van der Waals surface area (Å²) in [4.78, 5) is 1.36. The van der Waals surface area contributed by atoms with Crippen molar-refractivity contribution in [3.8, 4) is 11.4 Å². The van der Waals surface area contributed by atoms with Crippen molar-refractivity contribution in [3.63, 3.8) is 0 Å². The second-order valence-corrected chi connectivity index (χ2v) is 7.01. The molecule has 1 atom stereocenters. The molecule has 0 aliphatic heterocycles. The van der Waals surface area contributed by atoms with Crippen molar-refractivity contribution in [3.05, 3.63) is 65.2 Å². The van der Waals surface area contributed by atoms with Crippen LogP contribution in [0.3, 0.4) is 0 Å². The standard InChI is InChI=1S/C20H21F3N4O/c1-13(2)18(28)12-27-25-19(24-26-27)17-6-4-3-5-15(17)11-14-7-9-16(10-8-14)20(21,22)23/h3-10,13,18,28H,11-12H2,1-2H3. The third kappa shape index (κ3) is 4.75. The summed E-state index contributed by atoms with van der Waals surface area (Å²) in [7, 11) is 0. The summed E-state index contributed by atoms with van der Waals surface area (Å²) in [6, 6.07) is 12.5. The molecule has 0 saturated heterocycles. The van der Waals surface area contributed by atoms with Crippen LogP contribution in [0.25, 0.3) is 11.4 Å². The van der Waals surface area contributed by atoms with E-state index in [0.717, 1.165) is 28.8 Å². The lowest BCUT2D eigenvalue weighted by Crippen LogP contribution is -2.23. The molecule has 3 rings (SSSR count). The van der Waals surface area contributed by atoms with Gasteiger partial charge >= 0.3 is 6.18 Å². The average Bonchev–Trinajstić information content (AvgIpc) is 3.10. The minimum atomic E-state index is -4.35. The normalized spacial score (nSPS) is 13.1. The summed E-state index contributed by atoms with van der Waals surface area (Å²) < 4.78 is 38.2. The molecule has 3 aromatic rings. The van der Waals surface area contributed by atoms with Crippen LogP contribution in [0.1, 0.15) is 30.5 Å². The first-order valence-electron chi connectivity index (χ1n) is 8.94. The molecule has 0 amide bonds. The smallest absolute Gasteiger partial charge is 0.391 e. The van der Waals surface area contributed by atoms with E-state index in [1.54, 1.807) is 0 Å². The number of alkyl halides is 3. The van der Waals surface area contributed by atoms with Crippen molar-refractivity contribution < 1.29 is 18.3 Å². The van der Waals surface area contributed by atoms with Gasteiger partial charge in [-0.25, -0.2) is 0 Å². The second-order valence-electron chi connectivity index (χ2n) is 7.01. The number of tetrazole rings is 1. The molecule has 5 nitrogen and oxygen atoms in total. The molecule has 0 spiro atoms. The highest BCUT2D eigenvalue weighted by Gasteiger charge is 2.29. The van der Waals surface area contributed by atoms with E-state index >= 15 is 0 Å². The molecule has 8 heteroatoms. The SMILES string of the molecule is CC(C)C(O)Cn1nnc(-c2ccccc2Cc2ccc(C(F)(F)F)cc2)n1. The number of benzene rings is 2. The third-order valence-corrected chi connectivity index (χ3v) is 4.51. The third-order valence-electron chi connectivity index (χ3n) is 4.51. The average molecular weight is 390 g/mol. The van der Waals surface area contributed by atoms with Gasteiger partial charge in [0, 0.05) is 5.56 Å². The summed E-state index contributed by atoms with van der Waals surface area (Å²) in [6.07, 6.45) is -4.49. The number of halogens is 3. The number of aliphatic hydroxyl groups is 1. The Morgan fingerprint density at radius 3 is 2.36 bits per heavy atom. The molecule has 0 aliphatic rings. The van der Waals surface area contributed by atoms with Gasteiger partial charge in [-0.3, -0.25) is 0 Å². The second kappa shape index (κ2) is 8.10. The maximum absolute atomic E-state index is 12.7. The van der Waals surface area contributed by atoms with Gasteiger partial charge in [-0.1, -0.05) is 50.2 Å². The molecule has 1 N–H and O–H groups in total. The molecular formula is C20H21F3N4O. The highest BCUT2D eigenvalue weighted by molar-refractivity contribution is 5.60. The molecule has 0 bridgehead atoms. The Balaban J connectivity index is 1.81. The lowest BCUT2D eigenvalue weighted by atomic mass is 9.98. The van der Waals surface area contributed by atoms with Crippen LogP contribution in [0, 0.1) is 5.92 Å². The molecule has 0 radical (unpaired) electrons. The van der Waals surface area contributed by atoms with Crippen LogP contribution in [-0.4, -0.2) is 31.4 Å². The van der Waals surface area contributed by atoms with Crippen molar-refractivity contribution >= 4 is 0 Å². The fourth-order valence-corrected chi connectivity index (χ4v) is 2.73. The van der Waals surface area contributed by atoms with E-state index in [1.165, 1.54) is 16.9 Å². The highest BCUT2D eigenvalue weighted by atomic mass is 19.4. The lowest BCUT2D eigenvalue weighted by molar-refractivity contribution is -0.137. The molecule has 1 heterocycles. The van der Waals surface area contributed by atoms with Gasteiger partial charge in [0.25, 0.3) is 0 Å². The summed E-state index contributed by atoms with van der Waals surface area (Å²) >= 11 is 0. The number of hydrogen-bond donors (Lipinski definition) is 1. The van der Waals surface area contributed by atoms with E-state index in [2.05, 4.69) is 15.4 Å². The van der Waals surface area contributed by atoms with Crippen molar-refractivity contribution in [2.45, 2.75) is 39.1 Å². The summed E-state index contributed by atoms with van der Waals surface area (Å²) in [5.41, 5.74) is 1.72. The minimum Gasteiger partial charge on any atom is -0.391 e. The van der Waals surface area contributed by atoms with Crippen molar-refractivity contribution in [1.29, 1.82) is 0 Å². The van der Waals surface area contributed by atoms with Crippen molar-refractivity contribution in [2.24, 2.45) is 5.92 Å². The van der Waals surface area contributed by atoms with E-state index in [1.807, 2.05) is 38.1 Å². The van der Waals surface area contributed by atoms with E-state index in [9.17, 15) is 18.3 Å². The number of nitrogens with zero attached hydrogens (tertiary/aromatic N) is 4. The first kappa shape index (κ1) is 20.0. The van der Waals surface area contributed by atoms with Crippen molar-refractivity contribution in [2.75, 3.05) is 0 Å². The Hall–Kier alpha value is -2.74. The van der Waals surface area contributed by atoms with Crippen LogP contribution >= 0.6 is 0 Å². The first-order valence-corrected chi connectivity index (χ1v) is 8.94. The zero-order valence-electron chi connectivity index (χ0n) is 15.6. The van der Waals surface area contributed by atoms with Gasteiger partial charge < -0.3 is 5.11 Å². The summed E-state index contributed by atoms with van der Waals surface area (Å²) in [5, 5.41) is 22.4. The maximum Gasteiger partial charge on any atom is 0.416 e. The Bertz CT molecular complexity index is 920. The first-order chi connectivity index (χ1) is 13.2. The van der Waals surface area contributed by atoms with Gasteiger partial charge in [0.1, 0.15) is 0 Å². The predicted molar refractivity (Wildman–Crippen MR) is 98.3 cm³/mol. The minimum absolute atomic E-state index is 0.0707. The molecular weight excluding hydrogens is 369 g/mol. The van der Waals surface area contributed by atoms with Gasteiger partial charge in [-0.15, -0.1) is 10.2 Å². The van der Waals surface area contributed by atoms with Crippen LogP contribution in [-0.2, 0) is 19.1 Å². The van der Waals surface area contributed by atoms with E-state index < -0.39 is 17.8 Å². The van der Waals surface area contributed by atoms with Crippen LogP contribution in [0.5, 0.6) is 0 Å². The number of aromatic nitrogens is 4. The van der Waals surface area contributed by atoms with Gasteiger partial charge in [0.2, 0.25) is 5.82 Å². The Morgan fingerprint density at radius 2 is 1.71 bits per heavy atom. The van der Waals surface area contributed by atoms with Gasteiger partial charge in [-0.2, -0.15) is 18.0 Å². The maximum atomic E-state index is 12.7. The van der Waals surface area contributed by atoms with Crippen LogP contribution in [0.2, 0.25) is 0 Å². The van der Waals surface area contributed by atoms with Crippen LogP contribution < -0.4 is 0 Å². The largest absolute Gasteiger partial charge is 0.416 e. The van der Waals surface area contributed by atoms with Crippen LogP contribution in [0.15, 0.2) is 48.5 Å². The number of aliphatic hydroxyl groups excluding tert-OH is 1. The molecule has 148 valence electrons. The zero-order chi connectivity index (χ0) is 20.3. The summed E-state index contributed by atoms with van der Waals surface area (Å²) in [6.45, 7) is 4.05. The molecule has 0 fully saturated rings. The zero-order valence-corrected chi connectivity index (χ0v) is 15.6. The van der Waals surface area contributed by atoms with E-state index in [-0.39, 0.29) is 12.5 Å². The van der Waals surface area contributed by atoms with E-state index in [4.69, 9.17) is 0 Å². The Labute approximate surface area is 160 Å². The molecule has 1 unspecified atom stereocenters. The topological polar surface area (TPSA) is 63.8 Å².